The first-order valence-electron chi connectivity index (χ1n) is 8.15. The Balaban J connectivity index is 1.66. The minimum absolute atomic E-state index is 0.0361. The van der Waals surface area contributed by atoms with E-state index >= 15 is 0 Å². The molecule has 1 amide bonds. The van der Waals surface area contributed by atoms with Gasteiger partial charge in [0, 0.05) is 19.2 Å². The zero-order valence-electron chi connectivity index (χ0n) is 12.9. The molecule has 1 unspecified atom stereocenters. The van der Waals surface area contributed by atoms with Gasteiger partial charge in [-0.1, -0.05) is 30.3 Å². The zero-order valence-corrected chi connectivity index (χ0v) is 12.9. The molecule has 2 N–H and O–H groups in total. The van der Waals surface area contributed by atoms with E-state index in [-0.39, 0.29) is 18.6 Å². The van der Waals surface area contributed by atoms with E-state index in [0.29, 0.717) is 12.3 Å². The van der Waals surface area contributed by atoms with E-state index in [1.807, 2.05) is 30.3 Å². The van der Waals surface area contributed by atoms with Crippen molar-refractivity contribution in [2.75, 3.05) is 26.2 Å². The molecule has 3 fully saturated rings. The molecule has 3 aliphatic heterocycles. The summed E-state index contributed by atoms with van der Waals surface area (Å²) in [4.78, 5) is 14.8. The molecule has 1 aromatic rings. The van der Waals surface area contributed by atoms with Crippen LogP contribution in [0.2, 0.25) is 0 Å². The summed E-state index contributed by atoms with van der Waals surface area (Å²) in [7, 11) is 0. The molecule has 4 heteroatoms. The van der Waals surface area contributed by atoms with Crippen molar-refractivity contribution in [2.24, 2.45) is 5.92 Å². The smallest absolute Gasteiger partial charge is 0.244 e. The van der Waals surface area contributed by atoms with Crippen LogP contribution in [-0.4, -0.2) is 42.2 Å². The molecule has 4 rings (SSSR count). The third kappa shape index (κ3) is 3.57. The number of nitrogens with zero attached hydrogens (tertiary/aromatic N) is 1. The fourth-order valence-corrected chi connectivity index (χ4v) is 3.53. The number of piperidine rings is 3. The maximum Gasteiger partial charge on any atom is 0.244 e. The Hall–Kier alpha value is -1.65. The van der Waals surface area contributed by atoms with E-state index in [4.69, 9.17) is 0 Å². The Bertz CT molecular complexity index is 533. The number of carbonyl (C=O) groups is 1. The van der Waals surface area contributed by atoms with Gasteiger partial charge in [0.15, 0.2) is 0 Å². The van der Waals surface area contributed by atoms with E-state index in [2.05, 4.69) is 10.2 Å². The summed E-state index contributed by atoms with van der Waals surface area (Å²) >= 11 is 0. The molecule has 4 nitrogen and oxygen atoms in total. The second-order valence-electron chi connectivity index (χ2n) is 6.25. The Morgan fingerprint density at radius 2 is 2.05 bits per heavy atom. The lowest BCUT2D eigenvalue weighted by molar-refractivity contribution is -0.117. The van der Waals surface area contributed by atoms with E-state index < -0.39 is 0 Å². The number of hydrogen-bond acceptors (Lipinski definition) is 3. The van der Waals surface area contributed by atoms with Gasteiger partial charge in [0.25, 0.3) is 0 Å². The first-order valence-corrected chi connectivity index (χ1v) is 8.15. The second kappa shape index (κ2) is 7.07. The van der Waals surface area contributed by atoms with Crippen molar-refractivity contribution in [3.63, 3.8) is 0 Å². The number of aliphatic hydroxyl groups is 1. The minimum Gasteiger partial charge on any atom is -0.396 e. The monoisotopic (exact) mass is 300 g/mol. The van der Waals surface area contributed by atoms with E-state index in [0.717, 1.165) is 12.1 Å². The predicted molar refractivity (Wildman–Crippen MR) is 86.3 cm³/mol. The summed E-state index contributed by atoms with van der Waals surface area (Å²) in [5.41, 5.74) is 2.31. The molecular weight excluding hydrogens is 276 g/mol. The Labute approximate surface area is 131 Å². The van der Waals surface area contributed by atoms with Crippen LogP contribution in [0.4, 0.5) is 0 Å². The number of hydrogen-bond donors (Lipinski definition) is 2. The average Bonchev–Trinajstić information content (AvgIpc) is 2.56. The molecule has 0 aromatic heterocycles. The van der Waals surface area contributed by atoms with Crippen molar-refractivity contribution < 1.29 is 9.90 Å². The molecule has 3 heterocycles. The van der Waals surface area contributed by atoms with Crippen LogP contribution in [0.1, 0.15) is 30.9 Å². The summed E-state index contributed by atoms with van der Waals surface area (Å²) in [5.74, 6) is 0.551. The number of fused-ring (bicyclic) bond motifs is 3. The quantitative estimate of drug-likeness (QED) is 0.816. The van der Waals surface area contributed by atoms with E-state index in [1.54, 1.807) is 6.08 Å². The highest BCUT2D eigenvalue weighted by Gasteiger charge is 2.29. The molecule has 0 spiro atoms. The minimum atomic E-state index is -0.128. The van der Waals surface area contributed by atoms with Gasteiger partial charge in [-0.2, -0.15) is 0 Å². The number of amides is 1. The number of carbonyl (C=O) groups excluding carboxylic acids is 1. The SMILES string of the molecule is O=C(/C=C1/CN2CCC1CC2)NC(CCO)c1ccccc1. The van der Waals surface area contributed by atoms with Crippen molar-refractivity contribution in [3.8, 4) is 0 Å². The fourth-order valence-electron chi connectivity index (χ4n) is 3.53. The molecule has 0 saturated carbocycles. The van der Waals surface area contributed by atoms with Crippen molar-refractivity contribution in [1.29, 1.82) is 0 Å². The lowest BCUT2D eigenvalue weighted by Crippen LogP contribution is -2.43. The summed E-state index contributed by atoms with van der Waals surface area (Å²) < 4.78 is 0. The van der Waals surface area contributed by atoms with Crippen LogP contribution in [0, 0.1) is 5.92 Å². The lowest BCUT2D eigenvalue weighted by atomic mass is 9.83. The van der Waals surface area contributed by atoms with Gasteiger partial charge in [-0.3, -0.25) is 9.69 Å². The van der Waals surface area contributed by atoms with Crippen LogP contribution in [0.25, 0.3) is 0 Å². The van der Waals surface area contributed by atoms with Crippen LogP contribution < -0.4 is 5.32 Å². The molecular formula is C18H24N2O2. The van der Waals surface area contributed by atoms with Gasteiger partial charge in [-0.25, -0.2) is 0 Å². The Morgan fingerprint density at radius 3 is 2.64 bits per heavy atom. The van der Waals surface area contributed by atoms with Crippen LogP contribution in [0.15, 0.2) is 42.0 Å². The lowest BCUT2D eigenvalue weighted by Gasteiger charge is -2.41. The van der Waals surface area contributed by atoms with Crippen LogP contribution in [0.3, 0.4) is 0 Å². The highest BCUT2D eigenvalue weighted by molar-refractivity contribution is 5.88. The average molecular weight is 300 g/mol. The molecule has 3 aliphatic rings. The van der Waals surface area contributed by atoms with Crippen molar-refractivity contribution >= 4 is 5.91 Å². The van der Waals surface area contributed by atoms with Gasteiger partial charge in [0.05, 0.1) is 6.04 Å². The molecule has 1 aromatic carbocycles. The third-order valence-corrected chi connectivity index (χ3v) is 4.77. The first kappa shape index (κ1) is 15.3. The maximum absolute atomic E-state index is 12.4. The summed E-state index contributed by atoms with van der Waals surface area (Å²) in [6.45, 7) is 3.34. The molecule has 2 bridgehead atoms. The molecule has 118 valence electrons. The summed E-state index contributed by atoms with van der Waals surface area (Å²) in [6, 6.07) is 9.72. The molecule has 0 radical (unpaired) electrons. The number of benzene rings is 1. The largest absolute Gasteiger partial charge is 0.396 e. The Morgan fingerprint density at radius 1 is 1.32 bits per heavy atom. The van der Waals surface area contributed by atoms with Crippen molar-refractivity contribution in [1.82, 2.24) is 10.2 Å². The Kier molecular flexibility index (Phi) is 4.90. The van der Waals surface area contributed by atoms with Gasteiger partial charge in [0.1, 0.15) is 0 Å². The van der Waals surface area contributed by atoms with Crippen LogP contribution >= 0.6 is 0 Å². The van der Waals surface area contributed by atoms with Gasteiger partial charge in [0.2, 0.25) is 5.91 Å². The van der Waals surface area contributed by atoms with Gasteiger partial charge < -0.3 is 10.4 Å². The fraction of sp³-hybridized carbons (Fsp3) is 0.500. The molecule has 3 saturated heterocycles. The highest BCUT2D eigenvalue weighted by atomic mass is 16.3. The maximum atomic E-state index is 12.4. The summed E-state index contributed by atoms with van der Waals surface area (Å²) in [6.07, 6.45) is 4.69. The van der Waals surface area contributed by atoms with Crippen molar-refractivity contribution in [3.05, 3.63) is 47.5 Å². The molecule has 0 aliphatic carbocycles. The van der Waals surface area contributed by atoms with Gasteiger partial charge in [-0.05, 0) is 49.4 Å². The first-order chi connectivity index (χ1) is 10.8. The topological polar surface area (TPSA) is 52.6 Å². The van der Waals surface area contributed by atoms with Crippen molar-refractivity contribution in [2.45, 2.75) is 25.3 Å². The van der Waals surface area contributed by atoms with Crippen LogP contribution in [0.5, 0.6) is 0 Å². The molecule has 22 heavy (non-hydrogen) atoms. The van der Waals surface area contributed by atoms with Crippen LogP contribution in [-0.2, 0) is 4.79 Å². The number of rotatable bonds is 5. The third-order valence-electron chi connectivity index (χ3n) is 4.77. The standard InChI is InChI=1S/C18H24N2O2/c21-11-8-17(15-4-2-1-3-5-15)19-18(22)12-16-13-20-9-6-14(16)7-10-20/h1-5,12,14,17,21H,6-11,13H2,(H,19,22)/b16-12-. The van der Waals surface area contributed by atoms with E-state index in [9.17, 15) is 9.90 Å². The molecule has 1 atom stereocenters. The van der Waals surface area contributed by atoms with Gasteiger partial charge >= 0.3 is 0 Å². The second-order valence-corrected chi connectivity index (χ2v) is 6.25. The zero-order chi connectivity index (χ0) is 15.4. The van der Waals surface area contributed by atoms with E-state index in [1.165, 1.54) is 31.5 Å². The number of nitrogens with one attached hydrogen (secondary N) is 1. The predicted octanol–water partition coefficient (Wildman–Crippen LogP) is 1.88. The normalized spacial score (nSPS) is 26.9. The number of aliphatic hydroxyl groups excluding tert-OH is 1. The van der Waals surface area contributed by atoms with Gasteiger partial charge in [-0.15, -0.1) is 0 Å². The summed E-state index contributed by atoms with van der Waals surface area (Å²) in [5, 5.41) is 12.3. The highest BCUT2D eigenvalue weighted by Crippen LogP contribution is 2.31.